The molecule has 0 spiro atoms. The van der Waals surface area contributed by atoms with E-state index >= 15 is 0 Å². The van der Waals surface area contributed by atoms with E-state index in [2.05, 4.69) is 15.9 Å². The minimum atomic E-state index is -0.819. The molecule has 2 unspecified atom stereocenters. The molecule has 3 N–H and O–H groups in total. The van der Waals surface area contributed by atoms with E-state index < -0.39 is 6.10 Å². The van der Waals surface area contributed by atoms with Gasteiger partial charge in [-0.2, -0.15) is 0 Å². The molecular weight excluding hydrogens is 346 g/mol. The van der Waals surface area contributed by atoms with Gasteiger partial charge in [0.1, 0.15) is 5.75 Å². The van der Waals surface area contributed by atoms with Crippen LogP contribution in [0.1, 0.15) is 23.1 Å². The fraction of sp³-hybridized carbons (Fsp3) is 0.286. The molecule has 1 aromatic heterocycles. The first-order valence-electron chi connectivity index (χ1n) is 6.03. The highest BCUT2D eigenvalue weighted by molar-refractivity contribution is 9.10. The first-order valence-corrected chi connectivity index (χ1v) is 7.20. The third kappa shape index (κ3) is 3.01. The van der Waals surface area contributed by atoms with Gasteiger partial charge in [-0.1, -0.05) is 11.6 Å². The number of hydrogen-bond acceptors (Lipinski definition) is 4. The summed E-state index contributed by atoms with van der Waals surface area (Å²) in [4.78, 5) is 0. The number of halogens is 2. The van der Waals surface area contributed by atoms with Crippen LogP contribution in [0.4, 0.5) is 0 Å². The SMILES string of the molecule is COc1ccc(Cl)cc1C(CN)C(O)c1ccoc1Br. The van der Waals surface area contributed by atoms with Gasteiger partial charge in [0.05, 0.1) is 19.5 Å². The molecule has 0 radical (unpaired) electrons. The zero-order chi connectivity index (χ0) is 14.7. The quantitative estimate of drug-likeness (QED) is 0.856. The molecule has 0 saturated heterocycles. The third-order valence-electron chi connectivity index (χ3n) is 3.19. The second-order valence-electron chi connectivity index (χ2n) is 4.32. The summed E-state index contributed by atoms with van der Waals surface area (Å²) in [5.41, 5.74) is 7.24. The predicted octanol–water partition coefficient (Wildman–Crippen LogP) is 3.48. The largest absolute Gasteiger partial charge is 0.496 e. The number of benzene rings is 1. The number of aliphatic hydroxyl groups excluding tert-OH is 1. The molecule has 0 saturated carbocycles. The van der Waals surface area contributed by atoms with Crippen LogP contribution in [0.2, 0.25) is 5.02 Å². The molecule has 6 heteroatoms. The fourth-order valence-electron chi connectivity index (χ4n) is 2.15. The third-order valence-corrected chi connectivity index (χ3v) is 4.07. The van der Waals surface area contributed by atoms with E-state index in [4.69, 9.17) is 26.5 Å². The number of ether oxygens (including phenoxy) is 1. The van der Waals surface area contributed by atoms with Gasteiger partial charge >= 0.3 is 0 Å². The predicted molar refractivity (Wildman–Crippen MR) is 81.2 cm³/mol. The monoisotopic (exact) mass is 359 g/mol. The van der Waals surface area contributed by atoms with Crippen LogP contribution in [0.3, 0.4) is 0 Å². The molecule has 1 aromatic carbocycles. The molecule has 2 atom stereocenters. The molecule has 2 rings (SSSR count). The molecule has 0 aliphatic heterocycles. The minimum Gasteiger partial charge on any atom is -0.496 e. The first kappa shape index (κ1) is 15.4. The smallest absolute Gasteiger partial charge is 0.174 e. The van der Waals surface area contributed by atoms with Crippen molar-refractivity contribution in [3.05, 3.63) is 51.3 Å². The van der Waals surface area contributed by atoms with Crippen LogP contribution in [-0.4, -0.2) is 18.8 Å². The van der Waals surface area contributed by atoms with Crippen LogP contribution in [0.25, 0.3) is 0 Å². The number of nitrogens with two attached hydrogens (primary N) is 1. The number of furan rings is 1. The van der Waals surface area contributed by atoms with Gasteiger partial charge in [0.2, 0.25) is 0 Å². The summed E-state index contributed by atoms with van der Waals surface area (Å²) in [6, 6.07) is 6.96. The van der Waals surface area contributed by atoms with Gasteiger partial charge in [0, 0.05) is 28.6 Å². The number of aliphatic hydroxyl groups is 1. The summed E-state index contributed by atoms with van der Waals surface area (Å²) in [5.74, 6) is 0.293. The topological polar surface area (TPSA) is 68.6 Å². The van der Waals surface area contributed by atoms with Gasteiger partial charge < -0.3 is 20.0 Å². The lowest BCUT2D eigenvalue weighted by molar-refractivity contribution is 0.144. The lowest BCUT2D eigenvalue weighted by Crippen LogP contribution is -2.20. The number of methoxy groups -OCH3 is 1. The molecule has 0 fully saturated rings. The average Bonchev–Trinajstić information content (AvgIpc) is 2.86. The van der Waals surface area contributed by atoms with Crippen LogP contribution in [-0.2, 0) is 0 Å². The summed E-state index contributed by atoms with van der Waals surface area (Å²) in [6.07, 6.45) is 0.686. The zero-order valence-corrected chi connectivity index (χ0v) is 13.2. The Morgan fingerprint density at radius 2 is 2.15 bits per heavy atom. The van der Waals surface area contributed by atoms with E-state index in [1.807, 2.05) is 0 Å². The summed E-state index contributed by atoms with van der Waals surface area (Å²) >= 11 is 9.29. The van der Waals surface area contributed by atoms with Gasteiger partial charge in [-0.15, -0.1) is 0 Å². The van der Waals surface area contributed by atoms with Crippen LogP contribution < -0.4 is 10.5 Å². The van der Waals surface area contributed by atoms with E-state index in [0.717, 1.165) is 5.56 Å². The van der Waals surface area contributed by atoms with Crippen LogP contribution in [0.15, 0.2) is 39.6 Å². The van der Waals surface area contributed by atoms with Gasteiger partial charge in [0.15, 0.2) is 4.67 Å². The lowest BCUT2D eigenvalue weighted by Gasteiger charge is -2.23. The van der Waals surface area contributed by atoms with Crippen molar-refractivity contribution in [2.75, 3.05) is 13.7 Å². The highest BCUT2D eigenvalue weighted by Gasteiger charge is 2.27. The van der Waals surface area contributed by atoms with Crippen molar-refractivity contribution in [2.45, 2.75) is 12.0 Å². The molecule has 4 nitrogen and oxygen atoms in total. The van der Waals surface area contributed by atoms with E-state index in [0.29, 0.717) is 21.0 Å². The fourth-order valence-corrected chi connectivity index (χ4v) is 2.81. The highest BCUT2D eigenvalue weighted by Crippen LogP contribution is 2.39. The summed E-state index contributed by atoms with van der Waals surface area (Å²) in [7, 11) is 1.57. The minimum absolute atomic E-state index is 0.246. The van der Waals surface area contributed by atoms with Gasteiger partial charge in [0.25, 0.3) is 0 Å². The first-order chi connectivity index (χ1) is 9.58. The maximum atomic E-state index is 10.5. The second kappa shape index (κ2) is 6.63. The Kier molecular flexibility index (Phi) is 5.10. The van der Waals surface area contributed by atoms with Crippen molar-refractivity contribution in [1.29, 1.82) is 0 Å². The van der Waals surface area contributed by atoms with Crippen molar-refractivity contribution in [1.82, 2.24) is 0 Å². The Morgan fingerprint density at radius 3 is 2.70 bits per heavy atom. The van der Waals surface area contributed by atoms with E-state index in [9.17, 15) is 5.11 Å². The van der Waals surface area contributed by atoms with Crippen LogP contribution >= 0.6 is 27.5 Å². The van der Waals surface area contributed by atoms with E-state index in [1.54, 1.807) is 31.4 Å². The lowest BCUT2D eigenvalue weighted by atomic mass is 9.89. The summed E-state index contributed by atoms with van der Waals surface area (Å²) in [6.45, 7) is 0.246. The maximum absolute atomic E-state index is 10.5. The molecule has 108 valence electrons. The number of rotatable bonds is 5. The Hall–Kier alpha value is -1.01. The molecule has 0 aliphatic carbocycles. The van der Waals surface area contributed by atoms with Gasteiger partial charge in [-0.25, -0.2) is 0 Å². The highest BCUT2D eigenvalue weighted by atomic mass is 79.9. The zero-order valence-electron chi connectivity index (χ0n) is 10.8. The van der Waals surface area contributed by atoms with E-state index in [-0.39, 0.29) is 12.5 Å². The standard InChI is InChI=1S/C14H15BrClNO3/c1-19-12-3-2-8(16)6-10(12)11(7-17)13(18)9-4-5-20-14(9)15/h2-6,11,13,18H,7,17H2,1H3. The summed E-state index contributed by atoms with van der Waals surface area (Å²) in [5, 5.41) is 11.1. The Balaban J connectivity index is 2.42. The van der Waals surface area contributed by atoms with Crippen molar-refractivity contribution in [3.63, 3.8) is 0 Å². The summed E-state index contributed by atoms with van der Waals surface area (Å²) < 4.78 is 11.0. The van der Waals surface area contributed by atoms with Crippen LogP contribution in [0, 0.1) is 0 Å². The second-order valence-corrected chi connectivity index (χ2v) is 5.48. The van der Waals surface area contributed by atoms with Gasteiger partial charge in [-0.05, 0) is 40.2 Å². The van der Waals surface area contributed by atoms with E-state index in [1.165, 1.54) is 6.26 Å². The molecule has 1 heterocycles. The molecular formula is C14H15BrClNO3. The maximum Gasteiger partial charge on any atom is 0.174 e. The molecule has 0 amide bonds. The van der Waals surface area contributed by atoms with Crippen molar-refractivity contribution >= 4 is 27.5 Å². The number of hydrogen-bond donors (Lipinski definition) is 2. The average molecular weight is 361 g/mol. The normalized spacial score (nSPS) is 14.1. The Labute approximate surface area is 130 Å². The van der Waals surface area contributed by atoms with Crippen molar-refractivity contribution < 1.29 is 14.3 Å². The van der Waals surface area contributed by atoms with Crippen LogP contribution in [0.5, 0.6) is 5.75 Å². The molecule has 0 bridgehead atoms. The Morgan fingerprint density at radius 1 is 1.40 bits per heavy atom. The van der Waals surface area contributed by atoms with Crippen molar-refractivity contribution in [3.8, 4) is 5.75 Å². The molecule has 20 heavy (non-hydrogen) atoms. The Bertz CT molecular complexity index is 588. The molecule has 0 aliphatic rings. The molecule has 2 aromatic rings. The van der Waals surface area contributed by atoms with Gasteiger partial charge in [-0.3, -0.25) is 0 Å². The van der Waals surface area contributed by atoms with Crippen molar-refractivity contribution in [2.24, 2.45) is 5.73 Å².